The number of aliphatic hydroxyl groups excluding tert-OH is 1. The molecule has 3 N–H and O–H groups in total. The fourth-order valence-electron chi connectivity index (χ4n) is 2.73. The van der Waals surface area contributed by atoms with Crippen molar-refractivity contribution in [3.8, 4) is 11.8 Å². The molecule has 0 aliphatic rings. The van der Waals surface area contributed by atoms with Crippen LogP contribution < -0.4 is 5.73 Å². The maximum Gasteiger partial charge on any atom is 0.0790 e. The number of allylic oxidation sites excluding steroid dienone is 3. The molecule has 0 aromatic rings. The molecule has 0 aliphatic heterocycles. The Kier molecular flexibility index (Phi) is 12.3. The van der Waals surface area contributed by atoms with Crippen molar-refractivity contribution in [3.63, 3.8) is 0 Å². The molecule has 2 heteroatoms. The number of rotatable bonds is 11. The highest BCUT2D eigenvalue weighted by atomic mass is 16.3. The minimum atomic E-state index is -0.523. The number of nitrogens with two attached hydrogens (primary N) is 1. The number of unbranched alkanes of at least 4 members (excludes halogenated alkanes) is 1. The molecule has 0 aliphatic carbocycles. The lowest BCUT2D eigenvalue weighted by atomic mass is 9.81. The van der Waals surface area contributed by atoms with Crippen molar-refractivity contribution in [1.82, 2.24) is 0 Å². The number of hydrogen-bond acceptors (Lipinski definition) is 2. The molecule has 2 unspecified atom stereocenters. The summed E-state index contributed by atoms with van der Waals surface area (Å²) in [5.41, 5.74) is 7.35. The van der Waals surface area contributed by atoms with Crippen LogP contribution in [0.4, 0.5) is 0 Å². The van der Waals surface area contributed by atoms with Crippen LogP contribution in [-0.2, 0) is 0 Å². The third-order valence-corrected chi connectivity index (χ3v) is 4.33. The van der Waals surface area contributed by atoms with Crippen molar-refractivity contribution in [1.29, 1.82) is 0 Å². The SMILES string of the molecule is C=C/C(=C\C(C#CC(C)(CCC)CCCC)=C/C)C(O)CCCN. The molecule has 0 radical (unpaired) electrons. The van der Waals surface area contributed by atoms with Crippen LogP contribution in [0.25, 0.3) is 0 Å². The minimum absolute atomic E-state index is 0.0688. The number of aliphatic hydroxyl groups is 1. The van der Waals surface area contributed by atoms with E-state index in [0.717, 1.165) is 36.8 Å². The second kappa shape index (κ2) is 13.0. The van der Waals surface area contributed by atoms with Crippen LogP contribution in [0.1, 0.15) is 72.6 Å². The van der Waals surface area contributed by atoms with Crippen LogP contribution in [0, 0.1) is 17.3 Å². The Hall–Kier alpha value is -1.30. The predicted octanol–water partition coefficient (Wildman–Crippen LogP) is 5.14. The Bertz CT molecular complexity index is 478. The van der Waals surface area contributed by atoms with Crippen LogP contribution in [-0.4, -0.2) is 17.8 Å². The van der Waals surface area contributed by atoms with Crippen LogP contribution in [0.5, 0.6) is 0 Å². The average molecular weight is 332 g/mol. The maximum absolute atomic E-state index is 10.2. The zero-order chi connectivity index (χ0) is 18.4. The number of hydrogen-bond donors (Lipinski definition) is 2. The van der Waals surface area contributed by atoms with Gasteiger partial charge in [0.25, 0.3) is 0 Å². The van der Waals surface area contributed by atoms with Gasteiger partial charge in [-0.2, -0.15) is 0 Å². The molecule has 0 bridgehead atoms. The van der Waals surface area contributed by atoms with E-state index < -0.39 is 6.10 Å². The quantitative estimate of drug-likeness (QED) is 0.406. The van der Waals surface area contributed by atoms with Crippen molar-refractivity contribution in [2.45, 2.75) is 78.7 Å². The minimum Gasteiger partial charge on any atom is -0.388 e. The predicted molar refractivity (Wildman–Crippen MR) is 107 cm³/mol. The molecule has 0 rings (SSSR count). The summed E-state index contributed by atoms with van der Waals surface area (Å²) < 4.78 is 0. The summed E-state index contributed by atoms with van der Waals surface area (Å²) in [7, 11) is 0. The lowest BCUT2D eigenvalue weighted by molar-refractivity contribution is 0.202. The Morgan fingerprint density at radius 3 is 2.46 bits per heavy atom. The van der Waals surface area contributed by atoms with Gasteiger partial charge in [0.1, 0.15) is 0 Å². The van der Waals surface area contributed by atoms with E-state index >= 15 is 0 Å². The van der Waals surface area contributed by atoms with Gasteiger partial charge in [0.2, 0.25) is 0 Å². The molecule has 2 nitrogen and oxygen atoms in total. The highest BCUT2D eigenvalue weighted by Gasteiger charge is 2.19. The Morgan fingerprint density at radius 2 is 1.96 bits per heavy atom. The first-order valence-corrected chi connectivity index (χ1v) is 9.37. The molecule has 136 valence electrons. The highest BCUT2D eigenvalue weighted by Crippen LogP contribution is 2.29. The van der Waals surface area contributed by atoms with Gasteiger partial charge >= 0.3 is 0 Å². The topological polar surface area (TPSA) is 46.2 Å². The van der Waals surface area contributed by atoms with Gasteiger partial charge in [0.15, 0.2) is 0 Å². The van der Waals surface area contributed by atoms with E-state index in [1.807, 2.05) is 19.1 Å². The molecule has 0 heterocycles. The van der Waals surface area contributed by atoms with Crippen molar-refractivity contribution >= 4 is 0 Å². The van der Waals surface area contributed by atoms with E-state index in [9.17, 15) is 5.11 Å². The summed E-state index contributed by atoms with van der Waals surface area (Å²) in [6.45, 7) is 13.1. The first-order chi connectivity index (χ1) is 11.5. The van der Waals surface area contributed by atoms with E-state index in [2.05, 4.69) is 39.2 Å². The molecule has 0 spiro atoms. The summed E-state index contributed by atoms with van der Waals surface area (Å²) in [6.07, 6.45) is 12.4. The smallest absolute Gasteiger partial charge is 0.0790 e. The van der Waals surface area contributed by atoms with Crippen molar-refractivity contribution in [2.75, 3.05) is 6.54 Å². The molecule has 0 aromatic carbocycles. The Balaban J connectivity index is 5.27. The fourth-order valence-corrected chi connectivity index (χ4v) is 2.73. The first-order valence-electron chi connectivity index (χ1n) is 9.37. The van der Waals surface area contributed by atoms with Crippen LogP contribution in [0.15, 0.2) is 36.0 Å². The van der Waals surface area contributed by atoms with Crippen molar-refractivity contribution in [2.24, 2.45) is 11.1 Å². The molecule has 0 aromatic heterocycles. The zero-order valence-electron chi connectivity index (χ0n) is 16.2. The molecule has 0 amide bonds. The highest BCUT2D eigenvalue weighted by molar-refractivity contribution is 5.43. The fraction of sp³-hybridized carbons (Fsp3) is 0.636. The molecule has 0 saturated carbocycles. The monoisotopic (exact) mass is 331 g/mol. The third-order valence-electron chi connectivity index (χ3n) is 4.33. The van der Waals surface area contributed by atoms with Crippen LogP contribution >= 0.6 is 0 Å². The maximum atomic E-state index is 10.2. The van der Waals surface area contributed by atoms with Crippen LogP contribution in [0.3, 0.4) is 0 Å². The molecule has 0 fully saturated rings. The summed E-state index contributed by atoms with van der Waals surface area (Å²) >= 11 is 0. The standard InChI is InChI=1S/C22H37NO/c1-6-10-15-22(5,14-7-2)16-13-19(8-3)18-20(9-4)21(24)12-11-17-23/h8-9,18,21,24H,4,6-7,10-12,14-15,17,23H2,1-3,5H3/b19-8-,20-18+. The lowest BCUT2D eigenvalue weighted by Gasteiger charge is -2.22. The van der Waals surface area contributed by atoms with E-state index in [1.165, 1.54) is 12.8 Å². The van der Waals surface area contributed by atoms with Gasteiger partial charge in [0, 0.05) is 11.0 Å². The van der Waals surface area contributed by atoms with Crippen molar-refractivity contribution in [3.05, 3.63) is 36.0 Å². The molecule has 0 saturated heterocycles. The molecular weight excluding hydrogens is 294 g/mol. The van der Waals surface area contributed by atoms with Gasteiger partial charge in [0.05, 0.1) is 6.10 Å². The largest absolute Gasteiger partial charge is 0.388 e. The normalized spacial score (nSPS) is 16.1. The van der Waals surface area contributed by atoms with Crippen molar-refractivity contribution < 1.29 is 5.11 Å². The van der Waals surface area contributed by atoms with Gasteiger partial charge in [-0.3, -0.25) is 0 Å². The first kappa shape index (κ1) is 22.7. The molecule has 2 atom stereocenters. The molecular formula is C22H37NO. The Labute approximate surface area is 149 Å². The van der Waals surface area contributed by atoms with E-state index in [0.29, 0.717) is 13.0 Å². The van der Waals surface area contributed by atoms with E-state index in [-0.39, 0.29) is 5.41 Å². The Morgan fingerprint density at radius 1 is 1.25 bits per heavy atom. The summed E-state index contributed by atoms with van der Waals surface area (Å²) in [5, 5.41) is 10.2. The van der Waals surface area contributed by atoms with Crippen LogP contribution in [0.2, 0.25) is 0 Å². The van der Waals surface area contributed by atoms with E-state index in [4.69, 9.17) is 5.73 Å². The van der Waals surface area contributed by atoms with Gasteiger partial charge in [-0.25, -0.2) is 0 Å². The lowest BCUT2D eigenvalue weighted by Crippen LogP contribution is -2.13. The van der Waals surface area contributed by atoms with Gasteiger partial charge in [-0.1, -0.05) is 63.7 Å². The molecule has 24 heavy (non-hydrogen) atoms. The van der Waals surface area contributed by atoms with Gasteiger partial charge in [-0.05, 0) is 57.7 Å². The zero-order valence-corrected chi connectivity index (χ0v) is 16.2. The average Bonchev–Trinajstić information content (AvgIpc) is 2.58. The second-order valence-corrected chi connectivity index (χ2v) is 6.70. The summed E-state index contributed by atoms with van der Waals surface area (Å²) in [4.78, 5) is 0. The summed E-state index contributed by atoms with van der Waals surface area (Å²) in [5.74, 6) is 6.83. The van der Waals surface area contributed by atoms with Gasteiger partial charge < -0.3 is 10.8 Å². The summed E-state index contributed by atoms with van der Waals surface area (Å²) in [6, 6.07) is 0. The van der Waals surface area contributed by atoms with E-state index in [1.54, 1.807) is 6.08 Å². The van der Waals surface area contributed by atoms with Gasteiger partial charge in [-0.15, -0.1) is 0 Å². The second-order valence-electron chi connectivity index (χ2n) is 6.70. The third kappa shape index (κ3) is 9.11.